The normalized spacial score (nSPS) is 12.8. The standard InChI is InChI=1S/C16H20N2O5S/c1-4-22-16(19)14(10-13-8-6-5-7-9-13)18-24(20,21)15-11(2)17-23-12(15)3/h5-9,14,18H,4,10H2,1-3H3. The van der Waals surface area contributed by atoms with E-state index in [0.717, 1.165) is 5.56 Å². The van der Waals surface area contributed by atoms with Crippen LogP contribution in [-0.2, 0) is 26.0 Å². The van der Waals surface area contributed by atoms with Gasteiger partial charge in [-0.2, -0.15) is 4.72 Å². The van der Waals surface area contributed by atoms with Crippen LogP contribution in [0.3, 0.4) is 0 Å². The number of rotatable bonds is 7. The van der Waals surface area contributed by atoms with E-state index < -0.39 is 22.0 Å². The SMILES string of the molecule is CCOC(=O)C(Cc1ccccc1)NS(=O)(=O)c1c(C)noc1C. The first-order valence-electron chi connectivity index (χ1n) is 7.51. The van der Waals surface area contributed by atoms with Crippen molar-refractivity contribution in [3.05, 3.63) is 47.3 Å². The van der Waals surface area contributed by atoms with Crippen molar-refractivity contribution in [3.63, 3.8) is 0 Å². The fourth-order valence-corrected chi connectivity index (χ4v) is 3.88. The zero-order valence-corrected chi connectivity index (χ0v) is 14.6. The molecule has 1 atom stereocenters. The van der Waals surface area contributed by atoms with Gasteiger partial charge in [0.1, 0.15) is 16.6 Å². The molecule has 24 heavy (non-hydrogen) atoms. The van der Waals surface area contributed by atoms with E-state index in [1.807, 2.05) is 30.3 Å². The minimum Gasteiger partial charge on any atom is -0.465 e. The van der Waals surface area contributed by atoms with E-state index in [2.05, 4.69) is 9.88 Å². The molecule has 0 aliphatic heterocycles. The highest BCUT2D eigenvalue weighted by Gasteiger charge is 2.31. The molecule has 0 spiro atoms. The Hall–Kier alpha value is -2.19. The van der Waals surface area contributed by atoms with Crippen LogP contribution in [0.2, 0.25) is 0 Å². The smallest absolute Gasteiger partial charge is 0.324 e. The average molecular weight is 352 g/mol. The Labute approximate surface area is 141 Å². The van der Waals surface area contributed by atoms with Crippen LogP contribution in [0, 0.1) is 13.8 Å². The van der Waals surface area contributed by atoms with Crippen LogP contribution in [0.4, 0.5) is 0 Å². The van der Waals surface area contributed by atoms with Gasteiger partial charge >= 0.3 is 5.97 Å². The molecule has 0 radical (unpaired) electrons. The van der Waals surface area contributed by atoms with Gasteiger partial charge in [0.05, 0.1) is 6.61 Å². The van der Waals surface area contributed by atoms with Crippen molar-refractivity contribution >= 4 is 16.0 Å². The number of aryl methyl sites for hydroxylation is 2. The summed E-state index contributed by atoms with van der Waals surface area (Å²) in [5, 5.41) is 3.64. The molecule has 8 heteroatoms. The minimum absolute atomic E-state index is 0.0511. The van der Waals surface area contributed by atoms with Crippen LogP contribution in [0.25, 0.3) is 0 Å². The Bertz CT molecular complexity index is 780. The van der Waals surface area contributed by atoms with E-state index in [4.69, 9.17) is 9.26 Å². The molecule has 2 aromatic rings. The van der Waals surface area contributed by atoms with Crippen LogP contribution in [0.15, 0.2) is 39.8 Å². The second-order valence-corrected chi connectivity index (χ2v) is 6.92. The predicted molar refractivity (Wildman–Crippen MR) is 86.9 cm³/mol. The molecule has 1 aromatic carbocycles. The zero-order valence-electron chi connectivity index (χ0n) is 13.8. The summed E-state index contributed by atoms with van der Waals surface area (Å²) in [5.41, 5.74) is 1.05. The van der Waals surface area contributed by atoms with Crippen molar-refractivity contribution in [1.82, 2.24) is 9.88 Å². The number of ether oxygens (including phenoxy) is 1. The number of aromatic nitrogens is 1. The molecular weight excluding hydrogens is 332 g/mol. The van der Waals surface area contributed by atoms with Crippen LogP contribution in [0.5, 0.6) is 0 Å². The van der Waals surface area contributed by atoms with E-state index in [1.54, 1.807) is 6.92 Å². The van der Waals surface area contributed by atoms with Crippen LogP contribution < -0.4 is 4.72 Å². The maximum Gasteiger partial charge on any atom is 0.324 e. The lowest BCUT2D eigenvalue weighted by molar-refractivity contribution is -0.145. The molecule has 7 nitrogen and oxygen atoms in total. The quantitative estimate of drug-likeness (QED) is 0.762. The monoisotopic (exact) mass is 352 g/mol. The lowest BCUT2D eigenvalue weighted by atomic mass is 10.1. The van der Waals surface area contributed by atoms with Gasteiger partial charge in [-0.15, -0.1) is 0 Å². The van der Waals surface area contributed by atoms with Crippen LogP contribution in [-0.4, -0.2) is 32.2 Å². The molecule has 1 unspecified atom stereocenters. The highest BCUT2D eigenvalue weighted by molar-refractivity contribution is 7.89. The number of nitrogens with one attached hydrogen (secondary N) is 1. The Morgan fingerprint density at radius 1 is 1.29 bits per heavy atom. The van der Waals surface area contributed by atoms with Gasteiger partial charge in [0.2, 0.25) is 10.0 Å². The van der Waals surface area contributed by atoms with Crippen LogP contribution in [0.1, 0.15) is 23.9 Å². The maximum atomic E-state index is 12.6. The first kappa shape index (κ1) is 18.2. The van der Waals surface area contributed by atoms with Gasteiger partial charge in [0.25, 0.3) is 0 Å². The molecule has 0 amide bonds. The lowest BCUT2D eigenvalue weighted by Gasteiger charge is -2.17. The van der Waals surface area contributed by atoms with Crippen molar-refractivity contribution in [2.45, 2.75) is 38.1 Å². The Morgan fingerprint density at radius 2 is 1.96 bits per heavy atom. The minimum atomic E-state index is -3.97. The molecule has 1 aromatic heterocycles. The summed E-state index contributed by atoms with van der Waals surface area (Å²) in [6, 6.07) is 8.08. The van der Waals surface area contributed by atoms with Crippen molar-refractivity contribution < 1.29 is 22.5 Å². The Morgan fingerprint density at radius 3 is 2.50 bits per heavy atom. The number of hydrogen-bond donors (Lipinski definition) is 1. The van der Waals surface area contributed by atoms with E-state index in [9.17, 15) is 13.2 Å². The largest absolute Gasteiger partial charge is 0.465 e. The molecule has 0 aliphatic carbocycles. The third-order valence-corrected chi connectivity index (χ3v) is 5.10. The maximum absolute atomic E-state index is 12.6. The third kappa shape index (κ3) is 4.21. The fourth-order valence-electron chi connectivity index (χ4n) is 2.37. The van der Waals surface area contributed by atoms with Crippen molar-refractivity contribution in [2.75, 3.05) is 6.61 Å². The van der Waals surface area contributed by atoms with Gasteiger partial charge in [-0.25, -0.2) is 8.42 Å². The van der Waals surface area contributed by atoms with E-state index in [-0.39, 0.29) is 29.4 Å². The molecule has 0 fully saturated rings. The molecule has 2 rings (SSSR count). The van der Waals surface area contributed by atoms with Gasteiger partial charge < -0.3 is 9.26 Å². The zero-order chi connectivity index (χ0) is 17.7. The highest BCUT2D eigenvalue weighted by Crippen LogP contribution is 2.19. The number of esters is 1. The molecule has 1 N–H and O–H groups in total. The summed E-state index contributed by atoms with van der Waals surface area (Å²) in [4.78, 5) is 12.1. The second kappa shape index (κ2) is 7.59. The first-order valence-corrected chi connectivity index (χ1v) is 8.99. The lowest BCUT2D eigenvalue weighted by Crippen LogP contribution is -2.43. The third-order valence-electron chi connectivity index (χ3n) is 3.39. The average Bonchev–Trinajstić information content (AvgIpc) is 2.87. The summed E-state index contributed by atoms with van der Waals surface area (Å²) in [7, 11) is -3.97. The van der Waals surface area contributed by atoms with Gasteiger partial charge in [-0.05, 0) is 32.8 Å². The van der Waals surface area contributed by atoms with Crippen molar-refractivity contribution in [1.29, 1.82) is 0 Å². The number of nitrogens with zero attached hydrogens (tertiary/aromatic N) is 1. The molecule has 130 valence electrons. The number of sulfonamides is 1. The number of carbonyl (C=O) groups excluding carboxylic acids is 1. The highest BCUT2D eigenvalue weighted by atomic mass is 32.2. The molecular formula is C16H20N2O5S. The first-order chi connectivity index (χ1) is 11.3. The molecule has 0 aliphatic rings. The number of hydrogen-bond acceptors (Lipinski definition) is 6. The molecule has 0 saturated heterocycles. The topological polar surface area (TPSA) is 98.5 Å². The van der Waals surface area contributed by atoms with Crippen molar-refractivity contribution in [2.24, 2.45) is 0 Å². The van der Waals surface area contributed by atoms with Gasteiger partial charge in [0.15, 0.2) is 5.76 Å². The molecule has 1 heterocycles. The van der Waals surface area contributed by atoms with E-state index in [0.29, 0.717) is 0 Å². The second-order valence-electron chi connectivity index (χ2n) is 5.27. The predicted octanol–water partition coefficient (Wildman–Crippen LogP) is 1.74. The Kier molecular flexibility index (Phi) is 5.74. The molecule has 0 bridgehead atoms. The van der Waals surface area contributed by atoms with Gasteiger partial charge in [0, 0.05) is 0 Å². The Balaban J connectivity index is 2.29. The summed E-state index contributed by atoms with van der Waals surface area (Å²) in [6.45, 7) is 4.87. The fraction of sp³-hybridized carbons (Fsp3) is 0.375. The number of carbonyl (C=O) groups is 1. The van der Waals surface area contributed by atoms with Crippen LogP contribution >= 0.6 is 0 Å². The van der Waals surface area contributed by atoms with Gasteiger partial charge in [-0.3, -0.25) is 4.79 Å². The van der Waals surface area contributed by atoms with E-state index in [1.165, 1.54) is 13.8 Å². The molecule has 0 saturated carbocycles. The summed E-state index contributed by atoms with van der Waals surface area (Å²) >= 11 is 0. The summed E-state index contributed by atoms with van der Waals surface area (Å²) in [6.07, 6.45) is 0.183. The number of benzene rings is 1. The summed E-state index contributed by atoms with van der Waals surface area (Å²) in [5.74, 6) is -0.459. The van der Waals surface area contributed by atoms with Crippen molar-refractivity contribution in [3.8, 4) is 0 Å². The summed E-state index contributed by atoms with van der Waals surface area (Å²) < 4.78 is 37.6. The van der Waals surface area contributed by atoms with Gasteiger partial charge in [-0.1, -0.05) is 35.5 Å². The van der Waals surface area contributed by atoms with E-state index >= 15 is 0 Å².